The first kappa shape index (κ1) is 17.9. The maximum Gasteiger partial charge on any atom is 0.251 e. The van der Waals surface area contributed by atoms with E-state index in [9.17, 15) is 13.2 Å². The van der Waals surface area contributed by atoms with E-state index in [1.807, 2.05) is 13.8 Å². The van der Waals surface area contributed by atoms with E-state index in [1.165, 1.54) is 28.6 Å². The van der Waals surface area contributed by atoms with Crippen molar-refractivity contribution >= 4 is 15.9 Å². The number of ether oxygens (including phenoxy) is 1. The van der Waals surface area contributed by atoms with Gasteiger partial charge in [-0.3, -0.25) is 4.79 Å². The van der Waals surface area contributed by atoms with Crippen molar-refractivity contribution in [1.29, 1.82) is 0 Å². The van der Waals surface area contributed by atoms with Crippen molar-refractivity contribution in [2.75, 3.05) is 26.2 Å². The molecule has 0 aromatic heterocycles. The van der Waals surface area contributed by atoms with Gasteiger partial charge in [-0.25, -0.2) is 8.42 Å². The molecule has 23 heavy (non-hydrogen) atoms. The molecule has 0 spiro atoms. The molecule has 3 N–H and O–H groups in total. The lowest BCUT2D eigenvalue weighted by atomic mass is 10.2. The van der Waals surface area contributed by atoms with Crippen LogP contribution in [-0.2, 0) is 14.8 Å². The number of hydrogen-bond donors (Lipinski definition) is 2. The molecule has 0 bridgehead atoms. The quantitative estimate of drug-likeness (QED) is 0.795. The maximum atomic E-state index is 12.7. The van der Waals surface area contributed by atoms with Gasteiger partial charge in [-0.15, -0.1) is 0 Å². The van der Waals surface area contributed by atoms with Crippen LogP contribution in [0.25, 0.3) is 0 Å². The van der Waals surface area contributed by atoms with Crippen LogP contribution >= 0.6 is 0 Å². The number of rotatable bonds is 5. The van der Waals surface area contributed by atoms with Crippen LogP contribution < -0.4 is 11.1 Å². The van der Waals surface area contributed by atoms with Crippen LogP contribution in [0.4, 0.5) is 0 Å². The van der Waals surface area contributed by atoms with Gasteiger partial charge in [0, 0.05) is 31.7 Å². The van der Waals surface area contributed by atoms with Crippen LogP contribution in [0.5, 0.6) is 0 Å². The van der Waals surface area contributed by atoms with E-state index in [4.69, 9.17) is 10.5 Å². The monoisotopic (exact) mass is 341 g/mol. The van der Waals surface area contributed by atoms with Crippen molar-refractivity contribution in [3.8, 4) is 0 Å². The van der Waals surface area contributed by atoms with Gasteiger partial charge < -0.3 is 15.8 Å². The fourth-order valence-electron chi connectivity index (χ4n) is 2.54. The largest absolute Gasteiger partial charge is 0.373 e. The highest BCUT2D eigenvalue weighted by Crippen LogP contribution is 2.21. The SMILES string of the molecule is CC1CN(S(=O)(=O)c2ccc(C(=O)NCCN)cc2)CC(C)O1. The molecular formula is C15H23N3O4S. The number of carbonyl (C=O) groups is 1. The number of sulfonamides is 1. The zero-order valence-electron chi connectivity index (χ0n) is 13.4. The number of nitrogens with two attached hydrogens (primary N) is 1. The number of nitrogens with zero attached hydrogens (tertiary/aromatic N) is 1. The number of benzene rings is 1. The molecule has 2 atom stereocenters. The normalized spacial score (nSPS) is 22.7. The molecule has 1 aliphatic heterocycles. The number of nitrogens with one attached hydrogen (secondary N) is 1. The predicted molar refractivity (Wildman–Crippen MR) is 86.6 cm³/mol. The van der Waals surface area contributed by atoms with E-state index < -0.39 is 10.0 Å². The van der Waals surface area contributed by atoms with Crippen LogP contribution in [0.1, 0.15) is 24.2 Å². The first-order valence-corrected chi connectivity index (χ1v) is 9.02. The van der Waals surface area contributed by atoms with Crippen molar-refractivity contribution in [2.24, 2.45) is 5.73 Å². The van der Waals surface area contributed by atoms with Gasteiger partial charge in [-0.1, -0.05) is 0 Å². The van der Waals surface area contributed by atoms with E-state index in [2.05, 4.69) is 5.32 Å². The van der Waals surface area contributed by atoms with E-state index >= 15 is 0 Å². The van der Waals surface area contributed by atoms with Gasteiger partial charge in [-0.2, -0.15) is 4.31 Å². The molecule has 2 unspecified atom stereocenters. The van der Waals surface area contributed by atoms with Gasteiger partial charge in [0.25, 0.3) is 5.91 Å². The summed E-state index contributed by atoms with van der Waals surface area (Å²) in [5.74, 6) is -0.270. The Balaban J connectivity index is 2.15. The lowest BCUT2D eigenvalue weighted by Crippen LogP contribution is -2.48. The molecule has 2 rings (SSSR count). The average Bonchev–Trinajstić information content (AvgIpc) is 2.51. The lowest BCUT2D eigenvalue weighted by molar-refractivity contribution is -0.0440. The molecule has 8 heteroatoms. The van der Waals surface area contributed by atoms with E-state index in [-0.39, 0.29) is 23.0 Å². The van der Waals surface area contributed by atoms with Gasteiger partial charge in [0.1, 0.15) is 0 Å². The Morgan fingerprint density at radius 3 is 2.35 bits per heavy atom. The van der Waals surface area contributed by atoms with E-state index in [0.717, 1.165) is 0 Å². The summed E-state index contributed by atoms with van der Waals surface area (Å²) in [6.45, 7) is 5.08. The topological polar surface area (TPSA) is 102 Å². The molecule has 1 aromatic rings. The Morgan fingerprint density at radius 1 is 1.26 bits per heavy atom. The molecule has 128 valence electrons. The first-order valence-electron chi connectivity index (χ1n) is 7.58. The summed E-state index contributed by atoms with van der Waals surface area (Å²) >= 11 is 0. The summed E-state index contributed by atoms with van der Waals surface area (Å²) < 4.78 is 32.4. The van der Waals surface area contributed by atoms with Crippen molar-refractivity contribution in [1.82, 2.24) is 9.62 Å². The number of hydrogen-bond acceptors (Lipinski definition) is 5. The Kier molecular flexibility index (Phi) is 5.74. The molecule has 1 amide bonds. The standard InChI is InChI=1S/C15H23N3O4S/c1-11-9-18(10-12(2)22-11)23(20,21)14-5-3-13(4-6-14)15(19)17-8-7-16/h3-6,11-12H,7-10,16H2,1-2H3,(H,17,19). The number of amides is 1. The summed E-state index contributed by atoms with van der Waals surface area (Å²) in [6.07, 6.45) is -0.287. The second kappa shape index (κ2) is 7.39. The molecule has 0 aliphatic carbocycles. The summed E-state index contributed by atoms with van der Waals surface area (Å²) in [5, 5.41) is 2.64. The minimum absolute atomic E-state index is 0.144. The zero-order valence-corrected chi connectivity index (χ0v) is 14.2. The predicted octanol–water partition coefficient (Wildman–Crippen LogP) is 0.173. The van der Waals surface area contributed by atoms with Crippen molar-refractivity contribution in [3.63, 3.8) is 0 Å². The fraction of sp³-hybridized carbons (Fsp3) is 0.533. The molecular weight excluding hydrogens is 318 g/mol. The Morgan fingerprint density at radius 2 is 1.83 bits per heavy atom. The zero-order chi connectivity index (χ0) is 17.0. The van der Waals surface area contributed by atoms with Gasteiger partial charge in [0.2, 0.25) is 10.0 Å². The minimum atomic E-state index is -3.59. The van der Waals surface area contributed by atoms with E-state index in [1.54, 1.807) is 0 Å². The third-order valence-corrected chi connectivity index (χ3v) is 5.42. The summed E-state index contributed by atoms with van der Waals surface area (Å²) in [4.78, 5) is 12.0. The molecule has 1 fully saturated rings. The van der Waals surface area contributed by atoms with Gasteiger partial charge in [0.05, 0.1) is 17.1 Å². The summed E-state index contributed by atoms with van der Waals surface area (Å²) in [6, 6.07) is 5.92. The minimum Gasteiger partial charge on any atom is -0.373 e. The molecule has 1 aromatic carbocycles. The Hall–Kier alpha value is -1.48. The van der Waals surface area contributed by atoms with Crippen molar-refractivity contribution < 1.29 is 17.9 Å². The smallest absolute Gasteiger partial charge is 0.251 e. The van der Waals surface area contributed by atoms with Gasteiger partial charge in [-0.05, 0) is 38.1 Å². The van der Waals surface area contributed by atoms with Crippen LogP contribution in [0, 0.1) is 0 Å². The number of morpholine rings is 1. The molecule has 1 saturated heterocycles. The van der Waals surface area contributed by atoms with Crippen LogP contribution in [0.3, 0.4) is 0 Å². The van der Waals surface area contributed by atoms with Crippen molar-refractivity contribution in [2.45, 2.75) is 31.0 Å². The third-order valence-electron chi connectivity index (χ3n) is 3.57. The van der Waals surface area contributed by atoms with Gasteiger partial charge in [0.15, 0.2) is 0 Å². The second-order valence-electron chi connectivity index (χ2n) is 5.65. The molecule has 7 nitrogen and oxygen atoms in total. The molecule has 0 saturated carbocycles. The van der Waals surface area contributed by atoms with Crippen LogP contribution in [0.2, 0.25) is 0 Å². The summed E-state index contributed by atoms with van der Waals surface area (Å²) in [7, 11) is -3.59. The van der Waals surface area contributed by atoms with Crippen LogP contribution in [0.15, 0.2) is 29.2 Å². The second-order valence-corrected chi connectivity index (χ2v) is 7.59. The fourth-order valence-corrected chi connectivity index (χ4v) is 4.13. The average molecular weight is 341 g/mol. The number of carbonyl (C=O) groups excluding carboxylic acids is 1. The highest BCUT2D eigenvalue weighted by molar-refractivity contribution is 7.89. The highest BCUT2D eigenvalue weighted by Gasteiger charge is 2.32. The molecule has 0 radical (unpaired) electrons. The van der Waals surface area contributed by atoms with Crippen molar-refractivity contribution in [3.05, 3.63) is 29.8 Å². The van der Waals surface area contributed by atoms with E-state index in [0.29, 0.717) is 31.7 Å². The first-order chi connectivity index (χ1) is 10.8. The highest BCUT2D eigenvalue weighted by atomic mass is 32.2. The Labute approximate surface area is 136 Å². The Bertz CT molecular complexity index is 635. The molecule has 1 heterocycles. The van der Waals surface area contributed by atoms with Gasteiger partial charge >= 0.3 is 0 Å². The third kappa shape index (κ3) is 4.29. The van der Waals surface area contributed by atoms with Crippen LogP contribution in [-0.4, -0.2) is 57.0 Å². The lowest BCUT2D eigenvalue weighted by Gasteiger charge is -2.34. The summed E-state index contributed by atoms with van der Waals surface area (Å²) in [5.41, 5.74) is 5.74. The molecule has 1 aliphatic rings. The maximum absolute atomic E-state index is 12.7.